The van der Waals surface area contributed by atoms with Gasteiger partial charge in [0.25, 0.3) is 0 Å². The Balaban J connectivity index is 1.75. The highest BCUT2D eigenvalue weighted by Gasteiger charge is 2.41. The van der Waals surface area contributed by atoms with Gasteiger partial charge in [0.1, 0.15) is 5.82 Å². The highest BCUT2D eigenvalue weighted by Crippen LogP contribution is 2.39. The molecule has 1 saturated heterocycles. The monoisotopic (exact) mass is 427 g/mol. The summed E-state index contributed by atoms with van der Waals surface area (Å²) in [5.74, 6) is 0.809. The van der Waals surface area contributed by atoms with E-state index in [0.29, 0.717) is 11.6 Å². The largest absolute Gasteiger partial charge is 0.385 e. The lowest BCUT2D eigenvalue weighted by molar-refractivity contribution is 0.180. The van der Waals surface area contributed by atoms with Crippen LogP contribution in [0.4, 0.5) is 0 Å². The fourth-order valence-corrected chi connectivity index (χ4v) is 4.14. The first-order chi connectivity index (χ1) is 14.2. The van der Waals surface area contributed by atoms with E-state index in [9.17, 15) is 0 Å². The lowest BCUT2D eigenvalue weighted by Gasteiger charge is -2.28. The van der Waals surface area contributed by atoms with Crippen LogP contribution in [0.3, 0.4) is 0 Å². The SMILES string of the molecule is COCCCN1C(=S)N[C@H](c2ccccn2)[C@H]1c1cccn1-c1ccc(Cl)cn1. The van der Waals surface area contributed by atoms with Crippen LogP contribution in [-0.2, 0) is 4.74 Å². The number of thiocarbonyl (C=S) groups is 1. The topological polar surface area (TPSA) is 55.2 Å². The van der Waals surface area contributed by atoms with Crippen LogP contribution in [0.1, 0.15) is 29.9 Å². The van der Waals surface area contributed by atoms with Gasteiger partial charge in [0.15, 0.2) is 5.11 Å². The van der Waals surface area contributed by atoms with E-state index in [4.69, 9.17) is 28.6 Å². The molecular formula is C21H22ClN5OS. The molecule has 0 radical (unpaired) electrons. The summed E-state index contributed by atoms with van der Waals surface area (Å²) in [5, 5.41) is 4.80. The maximum Gasteiger partial charge on any atom is 0.170 e. The van der Waals surface area contributed by atoms with Crippen molar-refractivity contribution in [1.82, 2.24) is 24.8 Å². The summed E-state index contributed by atoms with van der Waals surface area (Å²) in [4.78, 5) is 11.3. The van der Waals surface area contributed by atoms with Crippen LogP contribution in [0, 0.1) is 0 Å². The maximum atomic E-state index is 6.03. The highest BCUT2D eigenvalue weighted by molar-refractivity contribution is 7.80. The highest BCUT2D eigenvalue weighted by atomic mass is 35.5. The van der Waals surface area contributed by atoms with Crippen molar-refractivity contribution in [2.24, 2.45) is 0 Å². The van der Waals surface area contributed by atoms with Gasteiger partial charge in [0.2, 0.25) is 0 Å². The van der Waals surface area contributed by atoms with Crippen molar-refractivity contribution >= 4 is 28.9 Å². The molecule has 0 unspecified atom stereocenters. The molecule has 2 atom stereocenters. The summed E-state index contributed by atoms with van der Waals surface area (Å²) < 4.78 is 7.33. The number of ether oxygens (including phenoxy) is 1. The van der Waals surface area contributed by atoms with E-state index in [1.807, 2.05) is 48.8 Å². The van der Waals surface area contributed by atoms with Gasteiger partial charge in [-0.05, 0) is 55.0 Å². The minimum atomic E-state index is -0.0628. The van der Waals surface area contributed by atoms with E-state index in [1.165, 1.54) is 0 Å². The van der Waals surface area contributed by atoms with Crippen LogP contribution in [-0.4, -0.2) is 44.8 Å². The fourth-order valence-electron chi connectivity index (χ4n) is 3.70. The molecule has 150 valence electrons. The number of nitrogens with zero attached hydrogens (tertiary/aromatic N) is 4. The van der Waals surface area contributed by atoms with Crippen LogP contribution in [0.5, 0.6) is 0 Å². The van der Waals surface area contributed by atoms with Crippen LogP contribution < -0.4 is 5.32 Å². The van der Waals surface area contributed by atoms with Crippen LogP contribution in [0.2, 0.25) is 5.02 Å². The zero-order chi connectivity index (χ0) is 20.2. The molecule has 1 fully saturated rings. The molecule has 0 spiro atoms. The Morgan fingerprint density at radius 1 is 1.17 bits per heavy atom. The average Bonchev–Trinajstić information content (AvgIpc) is 3.34. The molecule has 0 aromatic carbocycles. The van der Waals surface area contributed by atoms with Crippen molar-refractivity contribution in [1.29, 1.82) is 0 Å². The van der Waals surface area contributed by atoms with Gasteiger partial charge in [0, 0.05) is 44.5 Å². The molecular weight excluding hydrogens is 406 g/mol. The first-order valence-corrected chi connectivity index (χ1v) is 10.2. The molecule has 0 bridgehead atoms. The molecule has 4 heterocycles. The second kappa shape index (κ2) is 8.90. The second-order valence-corrected chi connectivity index (χ2v) is 7.63. The van der Waals surface area contributed by atoms with Crippen molar-refractivity contribution in [3.63, 3.8) is 0 Å². The Labute approximate surface area is 180 Å². The van der Waals surface area contributed by atoms with Crippen molar-refractivity contribution in [3.05, 3.63) is 77.5 Å². The standard InChI is InChI=1S/C21H22ClN5OS/c1-28-13-5-12-27-20(19(25-21(27)29)16-6-2-3-10-23-16)17-7-4-11-26(17)18-9-8-15(22)14-24-18/h2-4,6-11,14,19-20H,5,12-13H2,1H3,(H,25,29)/t19-,20-/m1/s1. The third kappa shape index (κ3) is 4.12. The fraction of sp³-hybridized carbons (Fsp3) is 0.286. The number of aromatic nitrogens is 3. The van der Waals surface area contributed by atoms with Gasteiger partial charge in [-0.2, -0.15) is 0 Å². The van der Waals surface area contributed by atoms with Crippen molar-refractivity contribution in [2.75, 3.05) is 20.3 Å². The summed E-state index contributed by atoms with van der Waals surface area (Å²) in [6.07, 6.45) is 6.36. The van der Waals surface area contributed by atoms with E-state index in [0.717, 1.165) is 35.3 Å². The summed E-state index contributed by atoms with van der Waals surface area (Å²) >= 11 is 11.7. The number of nitrogens with one attached hydrogen (secondary N) is 1. The van der Waals surface area contributed by atoms with Crippen molar-refractivity contribution < 1.29 is 4.74 Å². The molecule has 1 N–H and O–H groups in total. The lowest BCUT2D eigenvalue weighted by Crippen LogP contribution is -2.32. The van der Waals surface area contributed by atoms with Gasteiger partial charge in [-0.3, -0.25) is 4.98 Å². The minimum absolute atomic E-state index is 0.0262. The van der Waals surface area contributed by atoms with Gasteiger partial charge in [-0.15, -0.1) is 0 Å². The molecule has 4 rings (SSSR count). The van der Waals surface area contributed by atoms with Crippen LogP contribution in [0.15, 0.2) is 61.1 Å². The first kappa shape index (κ1) is 19.8. The van der Waals surface area contributed by atoms with E-state index < -0.39 is 0 Å². The third-order valence-corrected chi connectivity index (χ3v) is 5.56. The number of pyridine rings is 2. The molecule has 0 saturated carbocycles. The molecule has 8 heteroatoms. The predicted octanol–water partition coefficient (Wildman–Crippen LogP) is 3.93. The van der Waals surface area contributed by atoms with E-state index in [1.54, 1.807) is 13.3 Å². The van der Waals surface area contributed by atoms with E-state index >= 15 is 0 Å². The number of rotatable bonds is 7. The predicted molar refractivity (Wildman–Crippen MR) is 117 cm³/mol. The quantitative estimate of drug-likeness (QED) is 0.455. The van der Waals surface area contributed by atoms with E-state index in [2.05, 4.69) is 30.8 Å². The molecule has 6 nitrogen and oxygen atoms in total. The summed E-state index contributed by atoms with van der Waals surface area (Å²) in [7, 11) is 1.71. The normalized spacial score (nSPS) is 18.8. The number of methoxy groups -OCH3 is 1. The Morgan fingerprint density at radius 3 is 2.79 bits per heavy atom. The number of halogens is 1. The van der Waals surface area contributed by atoms with Gasteiger partial charge >= 0.3 is 0 Å². The third-order valence-electron chi connectivity index (χ3n) is 4.99. The Morgan fingerprint density at radius 2 is 2.07 bits per heavy atom. The number of hydrogen-bond acceptors (Lipinski definition) is 4. The molecule has 0 amide bonds. The Kier molecular flexibility index (Phi) is 6.08. The molecule has 29 heavy (non-hydrogen) atoms. The van der Waals surface area contributed by atoms with Gasteiger partial charge < -0.3 is 19.5 Å². The minimum Gasteiger partial charge on any atom is -0.385 e. The summed E-state index contributed by atoms with van der Waals surface area (Å²) in [5.41, 5.74) is 2.03. The van der Waals surface area contributed by atoms with Gasteiger partial charge in [0.05, 0.1) is 22.8 Å². The Bertz CT molecular complexity index is 963. The zero-order valence-corrected chi connectivity index (χ0v) is 17.6. The lowest BCUT2D eigenvalue weighted by atomic mass is 10.0. The summed E-state index contributed by atoms with van der Waals surface area (Å²) in [6, 6.07) is 13.7. The van der Waals surface area contributed by atoms with Gasteiger partial charge in [-0.25, -0.2) is 4.98 Å². The molecule has 1 aliphatic heterocycles. The van der Waals surface area contributed by atoms with Gasteiger partial charge in [-0.1, -0.05) is 17.7 Å². The maximum absolute atomic E-state index is 6.03. The first-order valence-electron chi connectivity index (χ1n) is 9.45. The second-order valence-electron chi connectivity index (χ2n) is 6.80. The summed E-state index contributed by atoms with van der Waals surface area (Å²) in [6.45, 7) is 1.47. The Hall–Kier alpha value is -2.48. The zero-order valence-electron chi connectivity index (χ0n) is 16.0. The van der Waals surface area contributed by atoms with Crippen LogP contribution in [0.25, 0.3) is 5.82 Å². The van der Waals surface area contributed by atoms with Crippen molar-refractivity contribution in [2.45, 2.75) is 18.5 Å². The molecule has 0 aliphatic carbocycles. The average molecular weight is 428 g/mol. The smallest absolute Gasteiger partial charge is 0.170 e. The van der Waals surface area contributed by atoms with Crippen LogP contribution >= 0.6 is 23.8 Å². The molecule has 1 aliphatic rings. The molecule has 3 aromatic rings. The number of hydrogen-bond donors (Lipinski definition) is 1. The van der Waals surface area contributed by atoms with Crippen molar-refractivity contribution in [3.8, 4) is 5.82 Å². The van der Waals surface area contributed by atoms with E-state index in [-0.39, 0.29) is 12.1 Å². The molecule has 3 aromatic heterocycles.